The molecule has 0 saturated carbocycles. The fourth-order valence-corrected chi connectivity index (χ4v) is 2.39. The zero-order valence-electron chi connectivity index (χ0n) is 11.9. The molecule has 0 amide bonds. The van der Waals surface area contributed by atoms with Gasteiger partial charge in [-0.25, -0.2) is 0 Å². The van der Waals surface area contributed by atoms with E-state index in [-0.39, 0.29) is 5.97 Å². The molecule has 4 heteroatoms. The van der Waals surface area contributed by atoms with Crippen molar-refractivity contribution < 1.29 is 9.53 Å². The number of rotatable bonds is 2. The number of ether oxygens (including phenoxy) is 1. The average molecular weight is 262 g/mol. The standard InChI is InChI=1S/C15H22N2O2/c1-15(2,3)19-14(18)10-17-8-7-12-11(9-17)5-4-6-13(12)16/h4-6H,7-10,16H2,1-3H3. The number of nitrogens with zero attached hydrogens (tertiary/aromatic N) is 1. The Hall–Kier alpha value is -1.55. The van der Waals surface area contributed by atoms with Gasteiger partial charge >= 0.3 is 5.97 Å². The summed E-state index contributed by atoms with van der Waals surface area (Å²) in [7, 11) is 0. The number of hydrogen-bond acceptors (Lipinski definition) is 4. The van der Waals surface area contributed by atoms with Gasteiger partial charge in [0.05, 0.1) is 6.54 Å². The van der Waals surface area contributed by atoms with Crippen LogP contribution in [-0.2, 0) is 22.5 Å². The van der Waals surface area contributed by atoms with Crippen molar-refractivity contribution in [1.82, 2.24) is 4.90 Å². The number of nitrogens with two attached hydrogens (primary N) is 1. The van der Waals surface area contributed by atoms with Gasteiger partial charge in [-0.05, 0) is 44.4 Å². The quantitative estimate of drug-likeness (QED) is 0.654. The van der Waals surface area contributed by atoms with Crippen LogP contribution in [0.4, 0.5) is 5.69 Å². The normalized spacial score (nSPS) is 15.9. The summed E-state index contributed by atoms with van der Waals surface area (Å²) in [5.41, 5.74) is 8.84. The Morgan fingerprint density at radius 1 is 1.42 bits per heavy atom. The highest BCUT2D eigenvalue weighted by Gasteiger charge is 2.22. The molecule has 1 aromatic rings. The first kappa shape index (κ1) is 13.9. The van der Waals surface area contributed by atoms with E-state index in [9.17, 15) is 4.79 Å². The zero-order valence-corrected chi connectivity index (χ0v) is 11.9. The number of nitrogen functional groups attached to an aromatic ring is 1. The summed E-state index contributed by atoms with van der Waals surface area (Å²) in [5.74, 6) is -0.167. The van der Waals surface area contributed by atoms with E-state index >= 15 is 0 Å². The number of esters is 1. The van der Waals surface area contributed by atoms with Gasteiger partial charge in [-0.2, -0.15) is 0 Å². The van der Waals surface area contributed by atoms with Gasteiger partial charge in [0.1, 0.15) is 5.60 Å². The highest BCUT2D eigenvalue weighted by Crippen LogP contribution is 2.24. The van der Waals surface area contributed by atoms with Crippen LogP contribution < -0.4 is 5.73 Å². The van der Waals surface area contributed by atoms with Crippen LogP contribution in [0, 0.1) is 0 Å². The average Bonchev–Trinajstić information content (AvgIpc) is 2.26. The monoisotopic (exact) mass is 262 g/mol. The SMILES string of the molecule is CC(C)(C)OC(=O)CN1CCc2c(N)cccc2C1. The first-order chi connectivity index (χ1) is 8.85. The van der Waals surface area contributed by atoms with Crippen molar-refractivity contribution in [2.45, 2.75) is 39.3 Å². The van der Waals surface area contributed by atoms with Gasteiger partial charge < -0.3 is 10.5 Å². The molecule has 0 aliphatic carbocycles. The molecule has 0 fully saturated rings. The third kappa shape index (κ3) is 3.70. The minimum Gasteiger partial charge on any atom is -0.459 e. The molecule has 104 valence electrons. The van der Waals surface area contributed by atoms with Crippen LogP contribution in [0.2, 0.25) is 0 Å². The van der Waals surface area contributed by atoms with E-state index in [0.717, 1.165) is 25.2 Å². The van der Waals surface area contributed by atoms with E-state index in [0.29, 0.717) is 6.54 Å². The summed E-state index contributed by atoms with van der Waals surface area (Å²) in [5, 5.41) is 0. The Balaban J connectivity index is 1.97. The molecule has 1 heterocycles. The van der Waals surface area contributed by atoms with E-state index in [4.69, 9.17) is 10.5 Å². The van der Waals surface area contributed by atoms with E-state index in [1.54, 1.807) is 0 Å². The molecule has 19 heavy (non-hydrogen) atoms. The molecule has 2 rings (SSSR count). The fourth-order valence-electron chi connectivity index (χ4n) is 2.39. The number of carbonyl (C=O) groups excluding carboxylic acids is 1. The summed E-state index contributed by atoms with van der Waals surface area (Å²) in [6, 6.07) is 5.97. The van der Waals surface area contributed by atoms with Gasteiger partial charge in [0.25, 0.3) is 0 Å². The molecule has 0 spiro atoms. The maximum atomic E-state index is 11.8. The summed E-state index contributed by atoms with van der Waals surface area (Å²) < 4.78 is 5.35. The summed E-state index contributed by atoms with van der Waals surface area (Å²) in [4.78, 5) is 13.9. The van der Waals surface area contributed by atoms with Gasteiger partial charge in [0.15, 0.2) is 0 Å². The maximum absolute atomic E-state index is 11.8. The minimum atomic E-state index is -0.421. The molecule has 1 aliphatic heterocycles. The third-order valence-corrected chi connectivity index (χ3v) is 3.15. The molecule has 0 unspecified atom stereocenters. The number of fused-ring (bicyclic) bond motifs is 1. The zero-order chi connectivity index (χ0) is 14.0. The van der Waals surface area contributed by atoms with Crippen molar-refractivity contribution in [2.24, 2.45) is 0 Å². The number of anilines is 1. The second-order valence-corrected chi connectivity index (χ2v) is 6.03. The topological polar surface area (TPSA) is 55.6 Å². The Kier molecular flexibility index (Phi) is 3.80. The van der Waals surface area contributed by atoms with Gasteiger partial charge in [0.2, 0.25) is 0 Å². The predicted molar refractivity (Wildman–Crippen MR) is 75.7 cm³/mol. The Morgan fingerprint density at radius 3 is 2.84 bits per heavy atom. The van der Waals surface area contributed by atoms with E-state index in [2.05, 4.69) is 11.0 Å². The van der Waals surface area contributed by atoms with Crippen LogP contribution in [0.3, 0.4) is 0 Å². The number of carbonyl (C=O) groups is 1. The van der Waals surface area contributed by atoms with Crippen LogP contribution in [0.25, 0.3) is 0 Å². The predicted octanol–water partition coefficient (Wildman–Crippen LogP) is 1.97. The number of hydrogen-bond donors (Lipinski definition) is 1. The van der Waals surface area contributed by atoms with Crippen molar-refractivity contribution in [3.8, 4) is 0 Å². The highest BCUT2D eigenvalue weighted by molar-refractivity contribution is 5.72. The molecule has 0 aromatic heterocycles. The second kappa shape index (κ2) is 5.21. The highest BCUT2D eigenvalue weighted by atomic mass is 16.6. The molecule has 0 bridgehead atoms. The number of benzene rings is 1. The summed E-state index contributed by atoms with van der Waals surface area (Å²) in [6.07, 6.45) is 0.894. The molecular formula is C15H22N2O2. The van der Waals surface area contributed by atoms with Crippen LogP contribution in [0.1, 0.15) is 31.9 Å². The third-order valence-electron chi connectivity index (χ3n) is 3.15. The lowest BCUT2D eigenvalue weighted by molar-refractivity contribution is -0.156. The van der Waals surface area contributed by atoms with Gasteiger partial charge in [-0.15, -0.1) is 0 Å². The summed E-state index contributed by atoms with van der Waals surface area (Å²) in [6.45, 7) is 7.61. The van der Waals surface area contributed by atoms with Crippen LogP contribution in [-0.4, -0.2) is 29.6 Å². The molecule has 4 nitrogen and oxygen atoms in total. The van der Waals surface area contributed by atoms with Crippen molar-refractivity contribution in [3.63, 3.8) is 0 Å². The van der Waals surface area contributed by atoms with Crippen LogP contribution in [0.5, 0.6) is 0 Å². The van der Waals surface area contributed by atoms with Gasteiger partial charge in [-0.1, -0.05) is 12.1 Å². The molecule has 1 aromatic carbocycles. The van der Waals surface area contributed by atoms with Crippen molar-refractivity contribution in [2.75, 3.05) is 18.8 Å². The van der Waals surface area contributed by atoms with Gasteiger partial charge in [0, 0.05) is 18.8 Å². The Bertz CT molecular complexity index is 478. The van der Waals surface area contributed by atoms with Gasteiger partial charge in [-0.3, -0.25) is 9.69 Å². The Labute approximate surface area is 114 Å². The molecular weight excluding hydrogens is 240 g/mol. The molecule has 0 atom stereocenters. The molecule has 1 aliphatic rings. The van der Waals surface area contributed by atoms with Crippen LogP contribution >= 0.6 is 0 Å². The molecule has 0 saturated heterocycles. The molecule has 0 radical (unpaired) electrons. The van der Waals surface area contributed by atoms with E-state index < -0.39 is 5.60 Å². The lowest BCUT2D eigenvalue weighted by atomic mass is 9.98. The van der Waals surface area contributed by atoms with Crippen molar-refractivity contribution >= 4 is 11.7 Å². The van der Waals surface area contributed by atoms with Crippen LogP contribution in [0.15, 0.2) is 18.2 Å². The van der Waals surface area contributed by atoms with Crippen molar-refractivity contribution in [3.05, 3.63) is 29.3 Å². The summed E-state index contributed by atoms with van der Waals surface area (Å²) >= 11 is 0. The maximum Gasteiger partial charge on any atom is 0.320 e. The first-order valence-electron chi connectivity index (χ1n) is 6.65. The minimum absolute atomic E-state index is 0.167. The molecule has 2 N–H and O–H groups in total. The second-order valence-electron chi connectivity index (χ2n) is 6.03. The smallest absolute Gasteiger partial charge is 0.320 e. The fraction of sp³-hybridized carbons (Fsp3) is 0.533. The van der Waals surface area contributed by atoms with Crippen molar-refractivity contribution in [1.29, 1.82) is 0 Å². The largest absolute Gasteiger partial charge is 0.459 e. The van der Waals surface area contributed by atoms with E-state index in [1.165, 1.54) is 11.1 Å². The lowest BCUT2D eigenvalue weighted by Gasteiger charge is -2.29. The lowest BCUT2D eigenvalue weighted by Crippen LogP contribution is -2.38. The first-order valence-corrected chi connectivity index (χ1v) is 6.65. The van der Waals surface area contributed by atoms with E-state index in [1.807, 2.05) is 32.9 Å². The Morgan fingerprint density at radius 2 is 2.16 bits per heavy atom.